The van der Waals surface area contributed by atoms with Gasteiger partial charge in [0.2, 0.25) is 0 Å². The van der Waals surface area contributed by atoms with Crippen molar-refractivity contribution >= 4 is 17.2 Å². The summed E-state index contributed by atoms with van der Waals surface area (Å²) in [6.45, 7) is 1.19. The number of rotatable bonds is 6. The Hall–Kier alpha value is -0.940. The average Bonchev–Trinajstić information content (AvgIpc) is 2.43. The van der Waals surface area contributed by atoms with Crippen LogP contribution in [0.5, 0.6) is 5.75 Å². The van der Waals surface area contributed by atoms with Gasteiger partial charge in [0, 0.05) is 31.8 Å². The number of hydrogen-bond acceptors (Lipinski definition) is 4. The van der Waals surface area contributed by atoms with Crippen LogP contribution < -0.4 is 34.3 Å². The first-order valence-electron chi connectivity index (χ1n) is 5.75. The standard InChI is InChI=1S/C14H14NO3.Na/c1-17-7-4-8-18-14-9-11(10-16)15-13-6-3-2-5-12(13)14;/h2-3,5-6,9H,4,7-8H2,1H3;/q-1;+1. The zero-order valence-electron chi connectivity index (χ0n) is 11.2. The number of nitrogens with zero attached hydrogens (tertiary/aromatic N) is 1. The number of hydrogen-bond donors (Lipinski definition) is 0. The van der Waals surface area contributed by atoms with E-state index in [0.717, 1.165) is 17.3 Å². The molecule has 2 rings (SSSR count). The van der Waals surface area contributed by atoms with Gasteiger partial charge in [0.1, 0.15) is 0 Å². The van der Waals surface area contributed by atoms with Gasteiger partial charge in [0.25, 0.3) is 0 Å². The molecular formula is C14H14NNaO3. The summed E-state index contributed by atoms with van der Waals surface area (Å²) in [5, 5.41) is 0.897. The van der Waals surface area contributed by atoms with Crippen LogP contribution in [-0.2, 0) is 9.53 Å². The van der Waals surface area contributed by atoms with Crippen molar-refractivity contribution in [3.05, 3.63) is 36.0 Å². The molecule has 0 spiro atoms. The van der Waals surface area contributed by atoms with E-state index in [2.05, 4.69) is 4.98 Å². The fourth-order valence-electron chi connectivity index (χ4n) is 1.70. The average molecular weight is 267 g/mol. The summed E-state index contributed by atoms with van der Waals surface area (Å²) in [6.07, 6.45) is 2.59. The number of benzene rings is 1. The Morgan fingerprint density at radius 2 is 2.05 bits per heavy atom. The third-order valence-electron chi connectivity index (χ3n) is 2.53. The minimum absolute atomic E-state index is 0. The second kappa shape index (κ2) is 8.27. The van der Waals surface area contributed by atoms with Gasteiger partial charge < -0.3 is 14.3 Å². The van der Waals surface area contributed by atoms with Gasteiger partial charge in [-0.2, -0.15) is 0 Å². The van der Waals surface area contributed by atoms with Crippen molar-refractivity contribution in [1.29, 1.82) is 0 Å². The molecule has 0 unspecified atom stereocenters. The molecule has 94 valence electrons. The van der Waals surface area contributed by atoms with Gasteiger partial charge in [-0.15, -0.1) is 6.07 Å². The summed E-state index contributed by atoms with van der Waals surface area (Å²) in [7, 11) is 1.65. The first kappa shape index (κ1) is 16.1. The summed E-state index contributed by atoms with van der Waals surface area (Å²) in [5.74, 6) is 0.662. The van der Waals surface area contributed by atoms with E-state index in [1.54, 1.807) is 19.5 Å². The Bertz CT molecular complexity index is 545. The zero-order valence-corrected chi connectivity index (χ0v) is 13.2. The van der Waals surface area contributed by atoms with Gasteiger partial charge in [0.15, 0.2) is 0 Å². The Morgan fingerprint density at radius 1 is 1.26 bits per heavy atom. The molecule has 0 fully saturated rings. The smallest absolute Gasteiger partial charge is 0.512 e. The molecule has 0 atom stereocenters. The molecule has 0 aliphatic carbocycles. The number of methoxy groups -OCH3 is 1. The molecular weight excluding hydrogens is 253 g/mol. The van der Waals surface area contributed by atoms with Gasteiger partial charge in [0.05, 0.1) is 17.9 Å². The second-order valence-electron chi connectivity index (χ2n) is 3.82. The third-order valence-corrected chi connectivity index (χ3v) is 2.53. The van der Waals surface area contributed by atoms with E-state index in [1.165, 1.54) is 0 Å². The van der Waals surface area contributed by atoms with Crippen LogP contribution in [0.25, 0.3) is 10.9 Å². The van der Waals surface area contributed by atoms with Crippen LogP contribution in [0.15, 0.2) is 30.3 Å². The van der Waals surface area contributed by atoms with E-state index in [1.807, 2.05) is 24.3 Å². The Labute approximate surface area is 134 Å². The first-order chi connectivity index (χ1) is 8.85. The van der Waals surface area contributed by atoms with Gasteiger partial charge in [-0.3, -0.25) is 4.98 Å². The van der Waals surface area contributed by atoms with Crippen LogP contribution in [-0.4, -0.2) is 31.6 Å². The van der Waals surface area contributed by atoms with Crippen molar-refractivity contribution in [2.75, 3.05) is 20.3 Å². The number of para-hydroxylation sites is 1. The summed E-state index contributed by atoms with van der Waals surface area (Å²) in [5.41, 5.74) is 0.996. The molecule has 2 aromatic rings. The maximum Gasteiger partial charge on any atom is 1.00 e. The molecule has 19 heavy (non-hydrogen) atoms. The largest absolute Gasteiger partial charge is 1.00 e. The van der Waals surface area contributed by atoms with E-state index in [-0.39, 0.29) is 35.3 Å². The molecule has 0 aliphatic heterocycles. The number of pyridine rings is 1. The van der Waals surface area contributed by atoms with Crippen molar-refractivity contribution < 1.29 is 43.8 Å². The van der Waals surface area contributed by atoms with Gasteiger partial charge >= 0.3 is 29.6 Å². The number of fused-ring (bicyclic) bond motifs is 1. The predicted octanol–water partition coefficient (Wildman–Crippen LogP) is -0.888. The van der Waals surface area contributed by atoms with Crippen LogP contribution in [0, 0.1) is 0 Å². The maximum absolute atomic E-state index is 10.7. The van der Waals surface area contributed by atoms with Gasteiger partial charge in [-0.25, -0.2) is 0 Å². The van der Waals surface area contributed by atoms with Crippen LogP contribution in [0.1, 0.15) is 12.1 Å². The monoisotopic (exact) mass is 267 g/mol. The number of carbonyl (C=O) groups excluding carboxylic acids is 1. The minimum Gasteiger partial charge on any atom is -0.512 e. The van der Waals surface area contributed by atoms with Crippen molar-refractivity contribution in [1.82, 2.24) is 4.98 Å². The molecule has 0 aliphatic rings. The van der Waals surface area contributed by atoms with E-state index >= 15 is 0 Å². The maximum atomic E-state index is 10.7. The van der Waals surface area contributed by atoms with Crippen molar-refractivity contribution in [3.63, 3.8) is 0 Å². The second-order valence-corrected chi connectivity index (χ2v) is 3.82. The number of ether oxygens (including phenoxy) is 2. The van der Waals surface area contributed by atoms with Crippen LogP contribution >= 0.6 is 0 Å². The molecule has 1 aromatic carbocycles. The third kappa shape index (κ3) is 4.28. The Kier molecular flexibility index (Phi) is 7.02. The first-order valence-corrected chi connectivity index (χ1v) is 5.75. The fraction of sp³-hybridized carbons (Fsp3) is 0.286. The van der Waals surface area contributed by atoms with Gasteiger partial charge in [-0.1, -0.05) is 23.9 Å². The SMILES string of the molecule is COCCCOc1cc([C-]=O)nc2ccccc12.[Na+]. The molecule has 1 aromatic heterocycles. The molecule has 4 nitrogen and oxygen atoms in total. The van der Waals surface area contributed by atoms with Crippen molar-refractivity contribution in [2.45, 2.75) is 6.42 Å². The molecule has 0 saturated heterocycles. The molecule has 0 saturated carbocycles. The minimum atomic E-state index is 0. The fourth-order valence-corrected chi connectivity index (χ4v) is 1.70. The summed E-state index contributed by atoms with van der Waals surface area (Å²) >= 11 is 0. The quantitative estimate of drug-likeness (QED) is 0.387. The normalized spacial score (nSPS) is 9.95. The van der Waals surface area contributed by atoms with Crippen LogP contribution in [0.2, 0.25) is 0 Å². The molecule has 0 N–H and O–H groups in total. The topological polar surface area (TPSA) is 48.4 Å². The van der Waals surface area contributed by atoms with Crippen molar-refractivity contribution in [3.8, 4) is 5.75 Å². The molecule has 1 heterocycles. The van der Waals surface area contributed by atoms with E-state index in [0.29, 0.717) is 19.0 Å². The number of aromatic nitrogens is 1. The molecule has 0 radical (unpaired) electrons. The zero-order chi connectivity index (χ0) is 12.8. The van der Waals surface area contributed by atoms with Crippen LogP contribution in [0.4, 0.5) is 0 Å². The summed E-state index contributed by atoms with van der Waals surface area (Å²) in [4.78, 5) is 14.9. The van der Waals surface area contributed by atoms with Gasteiger partial charge in [-0.05, 0) is 6.07 Å². The molecule has 0 amide bonds. The van der Waals surface area contributed by atoms with E-state index in [4.69, 9.17) is 9.47 Å². The summed E-state index contributed by atoms with van der Waals surface area (Å²) < 4.78 is 10.6. The predicted molar refractivity (Wildman–Crippen MR) is 68.5 cm³/mol. The molecule has 5 heteroatoms. The Balaban J connectivity index is 0.00000180. The van der Waals surface area contributed by atoms with E-state index < -0.39 is 0 Å². The van der Waals surface area contributed by atoms with Crippen LogP contribution in [0.3, 0.4) is 0 Å². The Morgan fingerprint density at radius 3 is 2.79 bits per heavy atom. The molecule has 0 bridgehead atoms. The summed E-state index contributed by atoms with van der Waals surface area (Å²) in [6, 6.07) is 9.16. The van der Waals surface area contributed by atoms with Crippen molar-refractivity contribution in [2.24, 2.45) is 0 Å². The van der Waals surface area contributed by atoms with E-state index in [9.17, 15) is 4.79 Å².